The lowest BCUT2D eigenvalue weighted by molar-refractivity contribution is 0.444. The van der Waals surface area contributed by atoms with Gasteiger partial charge in [-0.2, -0.15) is 0 Å². The van der Waals surface area contributed by atoms with Crippen molar-refractivity contribution in [2.75, 3.05) is 5.32 Å². The Balaban J connectivity index is 0.000000994. The van der Waals surface area contributed by atoms with Crippen LogP contribution in [0.3, 0.4) is 0 Å². The van der Waals surface area contributed by atoms with Gasteiger partial charge in [0.2, 0.25) is 5.82 Å². The van der Waals surface area contributed by atoms with Gasteiger partial charge in [-0.25, -0.2) is 14.5 Å². The highest BCUT2D eigenvalue weighted by Crippen LogP contribution is 2.33. The maximum absolute atomic E-state index is 4.85. The minimum absolute atomic E-state index is 0.481. The number of aromatic nitrogens is 6. The van der Waals surface area contributed by atoms with Crippen molar-refractivity contribution < 1.29 is 0 Å². The number of anilines is 1. The SMILES string of the molecule is CC.Cc1c(-c2cccnc2)cn2nc(-c3nccn3C)nc(NC3CCC3)c12. The van der Waals surface area contributed by atoms with Crippen molar-refractivity contribution in [3.05, 3.63) is 48.7 Å². The standard InChI is InChI=1S/C20H21N7.C2H6/c1-13-16(14-5-4-8-21-11-14)12-27-17(13)18(23-15-6-3-7-15)24-19(25-27)20-22-9-10-26(20)2;1-2/h4-5,8-12,15H,3,6-7H2,1-2H3,(H,23,24,25);1-2H3. The van der Waals surface area contributed by atoms with Gasteiger partial charge in [-0.1, -0.05) is 19.9 Å². The average molecular weight is 390 g/mol. The lowest BCUT2D eigenvalue weighted by Gasteiger charge is -2.27. The summed E-state index contributed by atoms with van der Waals surface area (Å²) in [7, 11) is 1.96. The van der Waals surface area contributed by atoms with Gasteiger partial charge in [0.15, 0.2) is 11.6 Å². The third-order valence-electron chi connectivity index (χ3n) is 5.32. The van der Waals surface area contributed by atoms with E-state index in [1.165, 1.54) is 19.3 Å². The molecule has 1 aliphatic carbocycles. The van der Waals surface area contributed by atoms with Gasteiger partial charge >= 0.3 is 0 Å². The van der Waals surface area contributed by atoms with Crippen LogP contribution in [0.4, 0.5) is 5.82 Å². The largest absolute Gasteiger partial charge is 0.365 e. The molecule has 5 rings (SSSR count). The molecule has 29 heavy (non-hydrogen) atoms. The lowest BCUT2D eigenvalue weighted by atomic mass is 9.93. The Labute approximate surface area is 170 Å². The van der Waals surface area contributed by atoms with Crippen LogP contribution >= 0.6 is 0 Å². The van der Waals surface area contributed by atoms with E-state index < -0.39 is 0 Å². The van der Waals surface area contributed by atoms with Crippen LogP contribution in [0.25, 0.3) is 28.3 Å². The zero-order chi connectivity index (χ0) is 20.4. The average Bonchev–Trinajstić information content (AvgIpc) is 3.30. The Morgan fingerprint density at radius 1 is 1.17 bits per heavy atom. The fourth-order valence-corrected chi connectivity index (χ4v) is 3.57. The number of imidazole rings is 1. The first kappa shape index (κ1) is 19.1. The quantitative estimate of drug-likeness (QED) is 0.557. The van der Waals surface area contributed by atoms with Gasteiger partial charge in [0.1, 0.15) is 5.52 Å². The first-order valence-corrected chi connectivity index (χ1v) is 10.3. The van der Waals surface area contributed by atoms with Crippen molar-refractivity contribution in [3.8, 4) is 22.8 Å². The molecule has 4 aromatic rings. The molecule has 1 fully saturated rings. The van der Waals surface area contributed by atoms with E-state index in [1.54, 1.807) is 12.4 Å². The zero-order valence-corrected chi connectivity index (χ0v) is 17.4. The minimum Gasteiger partial charge on any atom is -0.365 e. The van der Waals surface area contributed by atoms with Crippen LogP contribution < -0.4 is 5.32 Å². The van der Waals surface area contributed by atoms with Crippen LogP contribution in [0.2, 0.25) is 0 Å². The summed E-state index contributed by atoms with van der Waals surface area (Å²) in [6.07, 6.45) is 13.0. The third kappa shape index (κ3) is 3.48. The fourth-order valence-electron chi connectivity index (χ4n) is 3.57. The monoisotopic (exact) mass is 389 g/mol. The summed E-state index contributed by atoms with van der Waals surface area (Å²) in [6.45, 7) is 6.12. The molecule has 0 aromatic carbocycles. The molecule has 0 radical (unpaired) electrons. The molecule has 0 spiro atoms. The van der Waals surface area contributed by atoms with E-state index in [0.29, 0.717) is 11.9 Å². The normalized spacial score (nSPS) is 13.7. The van der Waals surface area contributed by atoms with Crippen LogP contribution in [0.15, 0.2) is 43.1 Å². The van der Waals surface area contributed by atoms with Crippen molar-refractivity contribution in [1.29, 1.82) is 0 Å². The number of hydrogen-bond donors (Lipinski definition) is 1. The molecule has 0 unspecified atom stereocenters. The number of hydrogen-bond acceptors (Lipinski definition) is 5. The van der Waals surface area contributed by atoms with Crippen molar-refractivity contribution >= 4 is 11.3 Å². The van der Waals surface area contributed by atoms with Gasteiger partial charge in [-0.05, 0) is 37.8 Å². The van der Waals surface area contributed by atoms with E-state index in [2.05, 4.69) is 34.5 Å². The molecule has 4 aromatic heterocycles. The highest BCUT2D eigenvalue weighted by Gasteiger charge is 2.23. The topological polar surface area (TPSA) is 72.9 Å². The first-order chi connectivity index (χ1) is 14.2. The predicted octanol–water partition coefficient (Wildman–Crippen LogP) is 4.49. The molecule has 0 amide bonds. The maximum atomic E-state index is 4.85. The second kappa shape index (κ2) is 8.03. The summed E-state index contributed by atoms with van der Waals surface area (Å²) in [4.78, 5) is 13.5. The van der Waals surface area contributed by atoms with Crippen LogP contribution in [-0.4, -0.2) is 35.2 Å². The molecule has 1 saturated carbocycles. The van der Waals surface area contributed by atoms with E-state index in [0.717, 1.165) is 33.8 Å². The van der Waals surface area contributed by atoms with Crippen molar-refractivity contribution in [2.24, 2.45) is 7.05 Å². The van der Waals surface area contributed by atoms with Gasteiger partial charge < -0.3 is 9.88 Å². The van der Waals surface area contributed by atoms with E-state index in [1.807, 2.05) is 48.4 Å². The van der Waals surface area contributed by atoms with E-state index >= 15 is 0 Å². The number of rotatable bonds is 4. The van der Waals surface area contributed by atoms with Gasteiger partial charge in [-0.15, -0.1) is 5.10 Å². The molecule has 4 heterocycles. The van der Waals surface area contributed by atoms with Crippen LogP contribution in [0.1, 0.15) is 38.7 Å². The van der Waals surface area contributed by atoms with E-state index in [-0.39, 0.29) is 0 Å². The Morgan fingerprint density at radius 2 is 2.00 bits per heavy atom. The summed E-state index contributed by atoms with van der Waals surface area (Å²) in [5, 5.41) is 8.38. The molecule has 7 nitrogen and oxygen atoms in total. The minimum atomic E-state index is 0.481. The number of nitrogens with zero attached hydrogens (tertiary/aromatic N) is 6. The predicted molar refractivity (Wildman–Crippen MR) is 116 cm³/mol. The van der Waals surface area contributed by atoms with Gasteiger partial charge in [-0.3, -0.25) is 4.98 Å². The maximum Gasteiger partial charge on any atom is 0.218 e. The van der Waals surface area contributed by atoms with Crippen molar-refractivity contribution in [3.63, 3.8) is 0 Å². The number of pyridine rings is 1. The van der Waals surface area contributed by atoms with Crippen molar-refractivity contribution in [2.45, 2.75) is 46.1 Å². The molecule has 0 aliphatic heterocycles. The summed E-state index contributed by atoms with van der Waals surface area (Å²) < 4.78 is 3.86. The van der Waals surface area contributed by atoms with Gasteiger partial charge in [0.25, 0.3) is 0 Å². The zero-order valence-electron chi connectivity index (χ0n) is 17.4. The Morgan fingerprint density at radius 3 is 2.62 bits per heavy atom. The third-order valence-corrected chi connectivity index (χ3v) is 5.32. The van der Waals surface area contributed by atoms with Crippen molar-refractivity contribution in [1.82, 2.24) is 29.1 Å². The Bertz CT molecular complexity index is 1110. The highest BCUT2D eigenvalue weighted by molar-refractivity contribution is 5.83. The molecule has 1 N–H and O–H groups in total. The first-order valence-electron chi connectivity index (χ1n) is 10.3. The Kier molecular flexibility index (Phi) is 5.29. The summed E-state index contributed by atoms with van der Waals surface area (Å²) in [5.41, 5.74) is 4.36. The van der Waals surface area contributed by atoms with Crippen LogP contribution in [-0.2, 0) is 7.05 Å². The number of nitrogens with one attached hydrogen (secondary N) is 1. The summed E-state index contributed by atoms with van der Waals surface area (Å²) in [5.74, 6) is 2.24. The molecular formula is C22H27N7. The van der Waals surface area contributed by atoms with Crippen LogP contribution in [0, 0.1) is 6.92 Å². The molecule has 0 saturated heterocycles. The molecular weight excluding hydrogens is 362 g/mol. The fraction of sp³-hybridized carbons (Fsp3) is 0.364. The molecule has 150 valence electrons. The van der Waals surface area contributed by atoms with E-state index in [4.69, 9.17) is 10.1 Å². The van der Waals surface area contributed by atoms with Gasteiger partial charge in [0.05, 0.1) is 0 Å². The lowest BCUT2D eigenvalue weighted by Crippen LogP contribution is -2.28. The second-order valence-electron chi connectivity index (χ2n) is 7.12. The number of fused-ring (bicyclic) bond motifs is 1. The van der Waals surface area contributed by atoms with Gasteiger partial charge in [0, 0.05) is 55.2 Å². The summed E-state index contributed by atoms with van der Waals surface area (Å²) >= 11 is 0. The highest BCUT2D eigenvalue weighted by atomic mass is 15.3. The van der Waals surface area contributed by atoms with Crippen LogP contribution in [0.5, 0.6) is 0 Å². The molecule has 0 bridgehead atoms. The second-order valence-corrected chi connectivity index (χ2v) is 7.12. The molecule has 1 aliphatic rings. The molecule has 0 atom stereocenters. The summed E-state index contributed by atoms with van der Waals surface area (Å²) in [6, 6.07) is 4.50. The van der Waals surface area contributed by atoms with E-state index in [9.17, 15) is 0 Å². The Hall–Kier alpha value is -3.22. The smallest absolute Gasteiger partial charge is 0.218 e. The number of aryl methyl sites for hydroxylation is 2. The molecule has 7 heteroatoms.